The van der Waals surface area contributed by atoms with E-state index >= 15 is 0 Å². The molecule has 0 saturated carbocycles. The number of aliphatic hydroxyl groups is 1. The largest absolute Gasteiger partial charge is 0.497 e. The van der Waals surface area contributed by atoms with Crippen molar-refractivity contribution in [2.45, 2.75) is 30.5 Å². The van der Waals surface area contributed by atoms with Crippen LogP contribution < -0.4 is 15.2 Å². The minimum atomic E-state index is -1.02. The normalized spacial score (nSPS) is 19.0. The van der Waals surface area contributed by atoms with E-state index in [1.165, 1.54) is 6.33 Å². The van der Waals surface area contributed by atoms with Gasteiger partial charge in [0.05, 0.1) is 33.3 Å². The Labute approximate surface area is 237 Å². The summed E-state index contributed by atoms with van der Waals surface area (Å²) in [5.41, 5.74) is 8.70. The molecule has 1 aliphatic heterocycles. The molecule has 1 aliphatic rings. The molecule has 1 fully saturated rings. The summed E-state index contributed by atoms with van der Waals surface area (Å²) < 4.78 is 25.9. The first-order valence-electron chi connectivity index (χ1n) is 13.3. The molecule has 41 heavy (non-hydrogen) atoms. The molecule has 3 heterocycles. The summed E-state index contributed by atoms with van der Waals surface area (Å²) in [6, 6.07) is 25.6. The number of hydrogen-bond donors (Lipinski definition) is 2. The molecule has 0 radical (unpaired) electrons. The number of aromatic nitrogens is 4. The number of aliphatic hydroxyl groups excluding tert-OH is 1. The maximum absolute atomic E-state index is 11.1. The van der Waals surface area contributed by atoms with Crippen molar-refractivity contribution in [2.24, 2.45) is 0 Å². The molecule has 0 spiro atoms. The smallest absolute Gasteiger partial charge is 0.167 e. The second kappa shape index (κ2) is 11.2. The van der Waals surface area contributed by atoms with E-state index in [9.17, 15) is 5.11 Å². The molecule has 0 unspecified atom stereocenters. The number of benzene rings is 3. The number of imidazole rings is 1. The second-order valence-corrected chi connectivity index (χ2v) is 9.83. The lowest BCUT2D eigenvalue weighted by molar-refractivity contribution is -0.0931. The van der Waals surface area contributed by atoms with Gasteiger partial charge in [-0.05, 0) is 41.0 Å². The van der Waals surface area contributed by atoms with Gasteiger partial charge in [-0.25, -0.2) is 15.0 Å². The van der Waals surface area contributed by atoms with Crippen LogP contribution in [-0.2, 0) is 15.1 Å². The van der Waals surface area contributed by atoms with Gasteiger partial charge in [-0.1, -0.05) is 54.6 Å². The molecule has 5 aromatic rings. The van der Waals surface area contributed by atoms with Gasteiger partial charge in [0, 0.05) is 6.42 Å². The maximum Gasteiger partial charge on any atom is 0.167 e. The highest BCUT2D eigenvalue weighted by Crippen LogP contribution is 2.43. The average Bonchev–Trinajstić information content (AvgIpc) is 3.62. The van der Waals surface area contributed by atoms with Gasteiger partial charge in [-0.15, -0.1) is 0 Å². The van der Waals surface area contributed by atoms with Gasteiger partial charge in [0.15, 0.2) is 11.5 Å². The number of nitrogens with two attached hydrogens (primary N) is 1. The van der Waals surface area contributed by atoms with Crippen molar-refractivity contribution in [3.8, 4) is 11.5 Å². The van der Waals surface area contributed by atoms with E-state index in [2.05, 4.69) is 15.0 Å². The van der Waals surface area contributed by atoms with Crippen LogP contribution in [0.3, 0.4) is 0 Å². The minimum absolute atomic E-state index is 0.106. The number of anilines is 1. The summed E-state index contributed by atoms with van der Waals surface area (Å²) in [7, 11) is 3.27. The highest BCUT2D eigenvalue weighted by Gasteiger charge is 2.42. The van der Waals surface area contributed by atoms with Crippen molar-refractivity contribution < 1.29 is 24.1 Å². The monoisotopic (exact) mass is 553 g/mol. The number of nitrogens with zero attached hydrogens (tertiary/aromatic N) is 4. The van der Waals surface area contributed by atoms with Crippen LogP contribution in [0.5, 0.6) is 11.5 Å². The predicted molar refractivity (Wildman–Crippen MR) is 153 cm³/mol. The molecular weight excluding hydrogens is 522 g/mol. The van der Waals surface area contributed by atoms with Crippen LogP contribution in [0, 0.1) is 0 Å². The van der Waals surface area contributed by atoms with E-state index in [1.54, 1.807) is 25.1 Å². The summed E-state index contributed by atoms with van der Waals surface area (Å²) in [6.45, 7) is 0.106. The predicted octanol–water partition coefficient (Wildman–Crippen LogP) is 4.08. The minimum Gasteiger partial charge on any atom is -0.497 e. The van der Waals surface area contributed by atoms with Crippen molar-refractivity contribution in [1.82, 2.24) is 19.5 Å². The third-order valence-electron chi connectivity index (χ3n) is 7.54. The number of methoxy groups -OCH3 is 2. The van der Waals surface area contributed by atoms with Crippen LogP contribution in [0.15, 0.2) is 91.5 Å². The van der Waals surface area contributed by atoms with Gasteiger partial charge >= 0.3 is 0 Å². The fourth-order valence-corrected chi connectivity index (χ4v) is 5.40. The van der Waals surface area contributed by atoms with Crippen molar-refractivity contribution in [1.29, 1.82) is 0 Å². The van der Waals surface area contributed by atoms with Crippen LogP contribution >= 0.6 is 0 Å². The maximum atomic E-state index is 11.1. The molecule has 3 aromatic carbocycles. The van der Waals surface area contributed by atoms with Crippen molar-refractivity contribution in [3.05, 3.63) is 108 Å². The van der Waals surface area contributed by atoms with E-state index < -0.39 is 24.0 Å². The Morgan fingerprint density at radius 2 is 1.49 bits per heavy atom. The fraction of sp³-hybridized carbons (Fsp3) is 0.258. The summed E-state index contributed by atoms with van der Waals surface area (Å²) in [5, 5.41) is 11.1. The third-order valence-corrected chi connectivity index (χ3v) is 7.54. The van der Waals surface area contributed by atoms with Gasteiger partial charge in [-0.2, -0.15) is 0 Å². The first kappa shape index (κ1) is 26.7. The van der Waals surface area contributed by atoms with Crippen molar-refractivity contribution >= 4 is 17.0 Å². The Morgan fingerprint density at radius 1 is 0.878 bits per heavy atom. The van der Waals surface area contributed by atoms with Gasteiger partial charge in [-0.3, -0.25) is 4.57 Å². The lowest BCUT2D eigenvalue weighted by Gasteiger charge is -2.37. The molecule has 3 N–H and O–H groups in total. The van der Waals surface area contributed by atoms with E-state index in [0.29, 0.717) is 23.4 Å². The molecule has 0 bridgehead atoms. The van der Waals surface area contributed by atoms with E-state index in [-0.39, 0.29) is 6.61 Å². The summed E-state index contributed by atoms with van der Waals surface area (Å²) in [5.74, 6) is 1.76. The van der Waals surface area contributed by atoms with Gasteiger partial charge in [0.25, 0.3) is 0 Å². The van der Waals surface area contributed by atoms with Crippen LogP contribution in [0.25, 0.3) is 11.2 Å². The highest BCUT2D eigenvalue weighted by atomic mass is 16.6. The first-order chi connectivity index (χ1) is 20.0. The van der Waals surface area contributed by atoms with Crippen LogP contribution in [0.4, 0.5) is 5.82 Å². The molecule has 2 aromatic heterocycles. The van der Waals surface area contributed by atoms with E-state index in [0.717, 1.165) is 28.2 Å². The lowest BCUT2D eigenvalue weighted by atomic mass is 9.80. The van der Waals surface area contributed by atoms with E-state index in [4.69, 9.17) is 24.7 Å². The molecule has 6 rings (SSSR count). The van der Waals surface area contributed by atoms with Crippen molar-refractivity contribution in [2.75, 3.05) is 26.6 Å². The van der Waals surface area contributed by atoms with Crippen LogP contribution in [0.2, 0.25) is 0 Å². The number of nitrogen functional groups attached to an aromatic ring is 1. The average molecular weight is 554 g/mol. The van der Waals surface area contributed by atoms with E-state index in [1.807, 2.05) is 78.9 Å². The Hall–Kier alpha value is -4.51. The molecule has 0 aliphatic carbocycles. The molecule has 3 atom stereocenters. The molecule has 10 heteroatoms. The Balaban J connectivity index is 1.37. The Kier molecular flexibility index (Phi) is 7.27. The zero-order valence-electron chi connectivity index (χ0n) is 22.8. The second-order valence-electron chi connectivity index (χ2n) is 9.83. The first-order valence-corrected chi connectivity index (χ1v) is 13.3. The summed E-state index contributed by atoms with van der Waals surface area (Å²) in [4.78, 5) is 12.7. The third kappa shape index (κ3) is 4.86. The topological polar surface area (TPSA) is 127 Å². The fourth-order valence-electron chi connectivity index (χ4n) is 5.40. The standard InChI is InChI=1S/C31H31N5O5/c1-38-23-12-8-21(9-13-23)31(20-6-4-3-5-7-20,22-10-14-24(39-2)15-11-22)40-17-26-25(37)16-27(41-26)36-19-35-28-29(32)33-18-34-30(28)36/h3-15,18-19,25-27,37H,16-17H2,1-2H3,(H2,32,33,34)/t25-,26+,27+/m0/s1. The molecule has 210 valence electrons. The van der Waals surface area contributed by atoms with Gasteiger partial charge in [0.1, 0.15) is 41.3 Å². The summed E-state index contributed by atoms with van der Waals surface area (Å²) in [6.07, 6.45) is 1.45. The zero-order chi connectivity index (χ0) is 28.4. The number of rotatable bonds is 9. The quantitative estimate of drug-likeness (QED) is 0.260. The zero-order valence-corrected chi connectivity index (χ0v) is 22.8. The molecular formula is C31H31N5O5. The highest BCUT2D eigenvalue weighted by molar-refractivity contribution is 5.81. The molecule has 10 nitrogen and oxygen atoms in total. The summed E-state index contributed by atoms with van der Waals surface area (Å²) >= 11 is 0. The van der Waals surface area contributed by atoms with Gasteiger partial charge < -0.3 is 29.8 Å². The number of ether oxygens (including phenoxy) is 4. The van der Waals surface area contributed by atoms with Crippen LogP contribution in [0.1, 0.15) is 29.3 Å². The Morgan fingerprint density at radius 3 is 2.10 bits per heavy atom. The van der Waals surface area contributed by atoms with Crippen LogP contribution in [-0.4, -0.2) is 57.7 Å². The lowest BCUT2D eigenvalue weighted by Crippen LogP contribution is -2.38. The number of hydrogen-bond acceptors (Lipinski definition) is 9. The Bertz CT molecular complexity index is 1560. The number of fused-ring (bicyclic) bond motifs is 1. The molecule has 1 saturated heterocycles. The van der Waals surface area contributed by atoms with Gasteiger partial charge in [0.2, 0.25) is 0 Å². The molecule has 0 amide bonds. The SMILES string of the molecule is COc1ccc(C(OC[C@H]2O[C@@H](n3cnc4c(N)ncnc43)C[C@@H]2O)(c2ccccc2)c2ccc(OC)cc2)cc1. The van der Waals surface area contributed by atoms with Crippen molar-refractivity contribution in [3.63, 3.8) is 0 Å².